The van der Waals surface area contributed by atoms with E-state index in [-0.39, 0.29) is 5.54 Å². The molecule has 0 N–H and O–H groups in total. The van der Waals surface area contributed by atoms with Gasteiger partial charge in [-0.15, -0.1) is 0 Å². The molecule has 1 nitrogen and oxygen atoms in total. The molecule has 4 rings (SSSR count). The van der Waals surface area contributed by atoms with E-state index in [1.807, 2.05) is 0 Å². The van der Waals surface area contributed by atoms with E-state index in [1.165, 1.54) is 27.4 Å². The normalized spacial score (nSPS) is 12.1. The van der Waals surface area contributed by atoms with Crippen LogP contribution < -0.4 is 0 Å². The number of para-hydroxylation sites is 2. The Bertz CT molecular complexity index is 971. The lowest BCUT2D eigenvalue weighted by molar-refractivity contribution is 0.423. The Morgan fingerprint density at radius 1 is 0.519 bits per heavy atom. The molecule has 3 aromatic carbocycles. The average Bonchev–Trinajstić information content (AvgIpc) is 2.97. The fourth-order valence-electron chi connectivity index (χ4n) is 3.58. The SMILES string of the molecule is CC(C)(C)c1ccccc1.CC(C)(C)n1c2ccccc2c2ccccc21. The minimum Gasteiger partial charge on any atom is -0.335 e. The van der Waals surface area contributed by atoms with Gasteiger partial charge in [0, 0.05) is 27.3 Å². The molecule has 0 saturated carbocycles. The van der Waals surface area contributed by atoms with Gasteiger partial charge in [0.05, 0.1) is 0 Å². The fraction of sp³-hybridized carbons (Fsp3) is 0.308. The van der Waals surface area contributed by atoms with Crippen molar-refractivity contribution in [2.75, 3.05) is 0 Å². The second-order valence-corrected chi connectivity index (χ2v) is 9.16. The van der Waals surface area contributed by atoms with Crippen molar-refractivity contribution in [1.29, 1.82) is 0 Å². The Morgan fingerprint density at radius 3 is 1.30 bits per heavy atom. The monoisotopic (exact) mass is 357 g/mol. The van der Waals surface area contributed by atoms with E-state index in [0.29, 0.717) is 5.41 Å². The summed E-state index contributed by atoms with van der Waals surface area (Å²) in [5, 5.41) is 2.69. The summed E-state index contributed by atoms with van der Waals surface area (Å²) in [5.74, 6) is 0. The first-order valence-electron chi connectivity index (χ1n) is 9.74. The van der Waals surface area contributed by atoms with Crippen molar-refractivity contribution >= 4 is 21.8 Å². The lowest BCUT2D eigenvalue weighted by atomic mass is 9.87. The molecule has 0 amide bonds. The molecule has 0 aliphatic carbocycles. The van der Waals surface area contributed by atoms with Crippen LogP contribution in [0.2, 0.25) is 0 Å². The number of benzene rings is 3. The molecule has 1 aromatic heterocycles. The maximum atomic E-state index is 2.43. The molecule has 4 aromatic rings. The van der Waals surface area contributed by atoms with Crippen molar-refractivity contribution < 1.29 is 0 Å². The van der Waals surface area contributed by atoms with E-state index in [2.05, 4.69) is 125 Å². The molecule has 1 heterocycles. The zero-order valence-electron chi connectivity index (χ0n) is 17.5. The molecule has 140 valence electrons. The highest BCUT2D eigenvalue weighted by molar-refractivity contribution is 6.08. The summed E-state index contributed by atoms with van der Waals surface area (Å²) in [4.78, 5) is 0. The topological polar surface area (TPSA) is 4.93 Å². The van der Waals surface area contributed by atoms with E-state index in [1.54, 1.807) is 0 Å². The van der Waals surface area contributed by atoms with Crippen LogP contribution in [-0.2, 0) is 11.0 Å². The van der Waals surface area contributed by atoms with Crippen molar-refractivity contribution in [1.82, 2.24) is 4.57 Å². The van der Waals surface area contributed by atoms with Crippen LogP contribution in [0.15, 0.2) is 78.9 Å². The van der Waals surface area contributed by atoms with Gasteiger partial charge in [-0.2, -0.15) is 0 Å². The molecule has 0 aliphatic heterocycles. The zero-order chi connectivity index (χ0) is 19.7. The highest BCUT2D eigenvalue weighted by atomic mass is 15.0. The zero-order valence-corrected chi connectivity index (χ0v) is 17.5. The lowest BCUT2D eigenvalue weighted by Gasteiger charge is -2.24. The van der Waals surface area contributed by atoms with Crippen molar-refractivity contribution in [3.63, 3.8) is 0 Å². The standard InChI is InChI=1S/C16H17N.C10H14/c1-16(2,3)17-14-10-6-4-8-12(14)13-9-5-7-11-15(13)17;1-10(2,3)9-7-5-4-6-8-9/h4-11H,1-3H3;4-8H,1-3H3. The number of hydrogen-bond acceptors (Lipinski definition) is 0. The highest BCUT2D eigenvalue weighted by Gasteiger charge is 2.19. The molecule has 0 spiro atoms. The highest BCUT2D eigenvalue weighted by Crippen LogP contribution is 2.33. The smallest absolute Gasteiger partial charge is 0.0496 e. The summed E-state index contributed by atoms with van der Waals surface area (Å²) in [7, 11) is 0. The molecule has 27 heavy (non-hydrogen) atoms. The molecule has 0 unspecified atom stereocenters. The van der Waals surface area contributed by atoms with Gasteiger partial charge in [-0.05, 0) is 43.9 Å². The molecule has 0 saturated heterocycles. The summed E-state index contributed by atoms with van der Waals surface area (Å²) in [6, 6.07) is 27.8. The van der Waals surface area contributed by atoms with Crippen LogP contribution in [0.3, 0.4) is 0 Å². The summed E-state index contributed by atoms with van der Waals surface area (Å²) >= 11 is 0. The van der Waals surface area contributed by atoms with E-state index >= 15 is 0 Å². The van der Waals surface area contributed by atoms with Gasteiger partial charge < -0.3 is 4.57 Å². The maximum Gasteiger partial charge on any atom is 0.0496 e. The van der Waals surface area contributed by atoms with Crippen LogP contribution in [-0.4, -0.2) is 4.57 Å². The van der Waals surface area contributed by atoms with Crippen LogP contribution in [0.1, 0.15) is 47.1 Å². The molecule has 0 aliphatic rings. The summed E-state index contributed by atoms with van der Waals surface area (Å²) in [5.41, 5.74) is 4.43. The summed E-state index contributed by atoms with van der Waals surface area (Å²) in [6.07, 6.45) is 0. The minimum absolute atomic E-state index is 0.0999. The quantitative estimate of drug-likeness (QED) is 0.306. The van der Waals surface area contributed by atoms with Gasteiger partial charge in [-0.25, -0.2) is 0 Å². The second-order valence-electron chi connectivity index (χ2n) is 9.16. The third-order valence-electron chi connectivity index (χ3n) is 4.89. The minimum atomic E-state index is 0.0999. The van der Waals surface area contributed by atoms with Crippen molar-refractivity contribution in [2.24, 2.45) is 0 Å². The Morgan fingerprint density at radius 2 is 0.926 bits per heavy atom. The second kappa shape index (κ2) is 7.23. The number of aromatic nitrogens is 1. The van der Waals surface area contributed by atoms with Crippen LogP contribution in [0, 0.1) is 0 Å². The van der Waals surface area contributed by atoms with Gasteiger partial charge in [-0.1, -0.05) is 87.5 Å². The van der Waals surface area contributed by atoms with Gasteiger partial charge in [-0.3, -0.25) is 0 Å². The maximum absolute atomic E-state index is 2.43. The predicted octanol–water partition coefficient (Wildman–Crippen LogP) is 7.53. The third kappa shape index (κ3) is 4.08. The molecule has 0 fully saturated rings. The molecule has 0 bridgehead atoms. The number of fused-ring (bicyclic) bond motifs is 3. The van der Waals surface area contributed by atoms with Gasteiger partial charge in [0.25, 0.3) is 0 Å². The van der Waals surface area contributed by atoms with Gasteiger partial charge in [0.1, 0.15) is 0 Å². The molecular weight excluding hydrogens is 326 g/mol. The summed E-state index contributed by atoms with van der Waals surface area (Å²) in [6.45, 7) is 13.4. The Kier molecular flexibility index (Phi) is 5.15. The number of hydrogen-bond donors (Lipinski definition) is 0. The van der Waals surface area contributed by atoms with Crippen molar-refractivity contribution in [3.8, 4) is 0 Å². The molecule has 0 radical (unpaired) electrons. The van der Waals surface area contributed by atoms with E-state index in [9.17, 15) is 0 Å². The molecule has 1 heteroatoms. The first-order chi connectivity index (χ1) is 12.7. The van der Waals surface area contributed by atoms with Crippen LogP contribution >= 0.6 is 0 Å². The molecular formula is C26H31N. The van der Waals surface area contributed by atoms with Crippen LogP contribution in [0.25, 0.3) is 21.8 Å². The Balaban J connectivity index is 0.000000180. The van der Waals surface area contributed by atoms with Gasteiger partial charge >= 0.3 is 0 Å². The van der Waals surface area contributed by atoms with Crippen LogP contribution in [0.5, 0.6) is 0 Å². The predicted molar refractivity (Wildman–Crippen MR) is 120 cm³/mol. The first kappa shape index (κ1) is 19.2. The van der Waals surface area contributed by atoms with Gasteiger partial charge in [0.15, 0.2) is 0 Å². The summed E-state index contributed by atoms with van der Waals surface area (Å²) < 4.78 is 2.43. The average molecular weight is 358 g/mol. The third-order valence-corrected chi connectivity index (χ3v) is 4.89. The van der Waals surface area contributed by atoms with Gasteiger partial charge in [0.2, 0.25) is 0 Å². The first-order valence-corrected chi connectivity index (χ1v) is 9.74. The van der Waals surface area contributed by atoms with E-state index in [4.69, 9.17) is 0 Å². The largest absolute Gasteiger partial charge is 0.335 e. The lowest BCUT2D eigenvalue weighted by Crippen LogP contribution is -2.21. The number of rotatable bonds is 0. The molecule has 0 atom stereocenters. The Labute approximate surface area is 163 Å². The van der Waals surface area contributed by atoms with E-state index in [0.717, 1.165) is 0 Å². The van der Waals surface area contributed by atoms with Crippen molar-refractivity contribution in [3.05, 3.63) is 84.4 Å². The van der Waals surface area contributed by atoms with Crippen LogP contribution in [0.4, 0.5) is 0 Å². The Hall–Kier alpha value is -2.54. The van der Waals surface area contributed by atoms with Crippen molar-refractivity contribution in [2.45, 2.75) is 52.5 Å². The van der Waals surface area contributed by atoms with E-state index < -0.39 is 0 Å². The fourth-order valence-corrected chi connectivity index (χ4v) is 3.58. The number of nitrogens with zero attached hydrogens (tertiary/aromatic N) is 1.